The average Bonchev–Trinajstić information content (AvgIpc) is 3.25. The van der Waals surface area contributed by atoms with E-state index in [1.165, 1.54) is 23.5 Å². The van der Waals surface area contributed by atoms with Crippen LogP contribution in [0, 0.1) is 11.7 Å². The van der Waals surface area contributed by atoms with Gasteiger partial charge < -0.3 is 15.0 Å². The number of amides is 2. The fraction of sp³-hybridized carbons (Fsp3) is 0.250. The molecule has 0 radical (unpaired) electrons. The maximum atomic E-state index is 13.3. The van der Waals surface area contributed by atoms with Crippen LogP contribution in [0.2, 0.25) is 0 Å². The number of benzene rings is 2. The van der Waals surface area contributed by atoms with Gasteiger partial charge in [0.2, 0.25) is 11.8 Å². The van der Waals surface area contributed by atoms with Crippen LogP contribution in [0.4, 0.5) is 15.2 Å². The Hall–Kier alpha value is -3.00. The maximum absolute atomic E-state index is 13.3. The Bertz CT molecular complexity index is 1030. The predicted octanol–water partition coefficient (Wildman–Crippen LogP) is 3.83. The highest BCUT2D eigenvalue weighted by molar-refractivity contribution is 7.22. The number of anilines is 2. The van der Waals surface area contributed by atoms with E-state index in [1.54, 1.807) is 23.1 Å². The quantitative estimate of drug-likeness (QED) is 0.708. The fourth-order valence-corrected chi connectivity index (χ4v) is 4.07. The standard InChI is InChI=1S/C20H18FN3O3S/c1-2-27-15-6-4-14(5-7-15)24-11-12(9-18(24)25)19(26)23-20-22-16-8-3-13(21)10-17(16)28-20/h3-8,10,12H,2,9,11H2,1H3,(H,22,23,26). The van der Waals surface area contributed by atoms with E-state index in [2.05, 4.69) is 10.3 Å². The average molecular weight is 399 g/mol. The normalized spacial score (nSPS) is 16.6. The van der Waals surface area contributed by atoms with Gasteiger partial charge in [-0.3, -0.25) is 9.59 Å². The van der Waals surface area contributed by atoms with Crippen LogP contribution in [0.5, 0.6) is 5.75 Å². The molecule has 1 aromatic heterocycles. The van der Waals surface area contributed by atoms with Crippen molar-refractivity contribution < 1.29 is 18.7 Å². The van der Waals surface area contributed by atoms with Crippen molar-refractivity contribution in [1.29, 1.82) is 0 Å². The number of nitrogens with zero attached hydrogens (tertiary/aromatic N) is 2. The first-order chi connectivity index (χ1) is 13.5. The largest absolute Gasteiger partial charge is 0.494 e. The molecule has 6 nitrogen and oxygen atoms in total. The molecule has 1 unspecified atom stereocenters. The molecule has 2 amide bonds. The van der Waals surface area contributed by atoms with E-state index in [-0.39, 0.29) is 24.1 Å². The first-order valence-electron chi connectivity index (χ1n) is 8.93. The summed E-state index contributed by atoms with van der Waals surface area (Å²) in [5.74, 6) is -0.444. The summed E-state index contributed by atoms with van der Waals surface area (Å²) in [5.41, 5.74) is 1.36. The number of carbonyl (C=O) groups excluding carboxylic acids is 2. The number of hydrogen-bond donors (Lipinski definition) is 1. The van der Waals surface area contributed by atoms with Gasteiger partial charge in [-0.1, -0.05) is 11.3 Å². The lowest BCUT2D eigenvalue weighted by Crippen LogP contribution is -2.28. The number of aromatic nitrogens is 1. The van der Waals surface area contributed by atoms with Crippen molar-refractivity contribution in [1.82, 2.24) is 4.98 Å². The smallest absolute Gasteiger partial charge is 0.231 e. The Kier molecular flexibility index (Phi) is 4.95. The van der Waals surface area contributed by atoms with Gasteiger partial charge in [-0.2, -0.15) is 0 Å². The topological polar surface area (TPSA) is 71.5 Å². The van der Waals surface area contributed by atoms with Crippen molar-refractivity contribution >= 4 is 44.2 Å². The zero-order valence-corrected chi connectivity index (χ0v) is 16.0. The Morgan fingerprint density at radius 2 is 2.11 bits per heavy atom. The van der Waals surface area contributed by atoms with Crippen LogP contribution in [0.15, 0.2) is 42.5 Å². The summed E-state index contributed by atoms with van der Waals surface area (Å²) >= 11 is 1.21. The second-order valence-corrected chi connectivity index (χ2v) is 7.48. The minimum Gasteiger partial charge on any atom is -0.494 e. The molecule has 0 saturated carbocycles. The number of ether oxygens (including phenoxy) is 1. The summed E-state index contributed by atoms with van der Waals surface area (Å²) in [6.07, 6.45) is 0.137. The SMILES string of the molecule is CCOc1ccc(N2CC(C(=O)Nc3nc4ccc(F)cc4s3)CC2=O)cc1. The second-order valence-electron chi connectivity index (χ2n) is 6.45. The van der Waals surface area contributed by atoms with Gasteiger partial charge in [0.05, 0.1) is 22.7 Å². The molecule has 0 bridgehead atoms. The van der Waals surface area contributed by atoms with Crippen LogP contribution in [-0.4, -0.2) is 29.9 Å². The minimum absolute atomic E-state index is 0.101. The van der Waals surface area contributed by atoms with Crippen molar-refractivity contribution in [3.8, 4) is 5.75 Å². The minimum atomic E-state index is -0.470. The second kappa shape index (κ2) is 7.55. The third-order valence-corrected chi connectivity index (χ3v) is 5.47. The molecule has 1 N–H and O–H groups in total. The lowest BCUT2D eigenvalue weighted by Gasteiger charge is -2.17. The van der Waals surface area contributed by atoms with Crippen LogP contribution in [0.25, 0.3) is 10.2 Å². The molecule has 3 aromatic rings. The number of halogens is 1. The first-order valence-corrected chi connectivity index (χ1v) is 9.75. The first kappa shape index (κ1) is 18.4. The summed E-state index contributed by atoms with van der Waals surface area (Å²) < 4.78 is 19.4. The Balaban J connectivity index is 1.44. The van der Waals surface area contributed by atoms with Crippen molar-refractivity contribution in [2.45, 2.75) is 13.3 Å². The molecule has 144 valence electrons. The molecular formula is C20H18FN3O3S. The van der Waals surface area contributed by atoms with Gasteiger partial charge in [-0.05, 0) is 49.4 Å². The van der Waals surface area contributed by atoms with Gasteiger partial charge in [0, 0.05) is 18.7 Å². The summed E-state index contributed by atoms with van der Waals surface area (Å²) in [6, 6.07) is 11.5. The van der Waals surface area contributed by atoms with E-state index in [0.717, 1.165) is 11.4 Å². The lowest BCUT2D eigenvalue weighted by molar-refractivity contribution is -0.122. The molecule has 4 rings (SSSR count). The number of fused-ring (bicyclic) bond motifs is 1. The number of rotatable bonds is 5. The molecule has 8 heteroatoms. The summed E-state index contributed by atoms with van der Waals surface area (Å²) in [4.78, 5) is 30.9. The molecule has 1 fully saturated rings. The van der Waals surface area contributed by atoms with Gasteiger partial charge >= 0.3 is 0 Å². The molecule has 1 aliphatic heterocycles. The summed E-state index contributed by atoms with van der Waals surface area (Å²) in [7, 11) is 0. The van der Waals surface area contributed by atoms with E-state index in [0.29, 0.717) is 28.5 Å². The molecular weight excluding hydrogens is 381 g/mol. The molecule has 28 heavy (non-hydrogen) atoms. The molecule has 1 atom stereocenters. The van der Waals surface area contributed by atoms with Crippen LogP contribution in [0.3, 0.4) is 0 Å². The van der Waals surface area contributed by atoms with E-state index in [4.69, 9.17) is 4.74 Å². The van der Waals surface area contributed by atoms with Gasteiger partial charge in [-0.25, -0.2) is 9.37 Å². The fourth-order valence-electron chi connectivity index (χ4n) is 3.18. The van der Waals surface area contributed by atoms with Crippen molar-refractivity contribution in [3.63, 3.8) is 0 Å². The molecule has 2 aromatic carbocycles. The van der Waals surface area contributed by atoms with Gasteiger partial charge in [0.1, 0.15) is 11.6 Å². The van der Waals surface area contributed by atoms with E-state index in [9.17, 15) is 14.0 Å². The van der Waals surface area contributed by atoms with Crippen LogP contribution < -0.4 is 15.0 Å². The molecule has 2 heterocycles. The third-order valence-electron chi connectivity index (χ3n) is 4.54. The molecule has 0 spiro atoms. The van der Waals surface area contributed by atoms with Crippen LogP contribution in [-0.2, 0) is 9.59 Å². The highest BCUT2D eigenvalue weighted by atomic mass is 32.1. The van der Waals surface area contributed by atoms with Gasteiger partial charge in [0.25, 0.3) is 0 Å². The zero-order chi connectivity index (χ0) is 19.7. The molecule has 1 aliphatic rings. The molecule has 1 saturated heterocycles. The monoisotopic (exact) mass is 399 g/mol. The number of nitrogens with one attached hydrogen (secondary N) is 1. The predicted molar refractivity (Wildman–Crippen MR) is 106 cm³/mol. The molecule has 0 aliphatic carbocycles. The Morgan fingerprint density at radius 1 is 1.32 bits per heavy atom. The lowest BCUT2D eigenvalue weighted by atomic mass is 10.1. The van der Waals surface area contributed by atoms with E-state index in [1.807, 2.05) is 19.1 Å². The highest BCUT2D eigenvalue weighted by Gasteiger charge is 2.35. The van der Waals surface area contributed by atoms with Gasteiger partial charge in [-0.15, -0.1) is 0 Å². The number of thiazole rings is 1. The van der Waals surface area contributed by atoms with E-state index < -0.39 is 5.92 Å². The Labute approximate surface area is 164 Å². The highest BCUT2D eigenvalue weighted by Crippen LogP contribution is 2.30. The van der Waals surface area contributed by atoms with E-state index >= 15 is 0 Å². The van der Waals surface area contributed by atoms with Crippen molar-refractivity contribution in [3.05, 3.63) is 48.3 Å². The third kappa shape index (κ3) is 3.68. The van der Waals surface area contributed by atoms with Gasteiger partial charge in [0.15, 0.2) is 5.13 Å². The number of carbonyl (C=O) groups is 2. The van der Waals surface area contributed by atoms with Crippen LogP contribution >= 0.6 is 11.3 Å². The Morgan fingerprint density at radius 3 is 2.86 bits per heavy atom. The zero-order valence-electron chi connectivity index (χ0n) is 15.1. The van der Waals surface area contributed by atoms with Crippen molar-refractivity contribution in [2.24, 2.45) is 5.92 Å². The number of hydrogen-bond acceptors (Lipinski definition) is 5. The van der Waals surface area contributed by atoms with Crippen molar-refractivity contribution in [2.75, 3.05) is 23.4 Å². The summed E-state index contributed by atoms with van der Waals surface area (Å²) in [6.45, 7) is 2.78. The van der Waals surface area contributed by atoms with Crippen LogP contribution in [0.1, 0.15) is 13.3 Å². The summed E-state index contributed by atoms with van der Waals surface area (Å²) in [5, 5.41) is 3.16. The maximum Gasteiger partial charge on any atom is 0.231 e.